The Morgan fingerprint density at radius 3 is 2.82 bits per heavy atom. The summed E-state index contributed by atoms with van der Waals surface area (Å²) in [7, 11) is 0. The third-order valence-corrected chi connectivity index (χ3v) is 4.56. The van der Waals surface area contributed by atoms with Gasteiger partial charge in [-0.25, -0.2) is 0 Å². The maximum atomic E-state index is 12.4. The molecule has 0 radical (unpaired) electrons. The van der Waals surface area contributed by atoms with Crippen molar-refractivity contribution in [3.05, 3.63) is 34.9 Å². The van der Waals surface area contributed by atoms with Gasteiger partial charge in [-0.2, -0.15) is 0 Å². The van der Waals surface area contributed by atoms with Crippen molar-refractivity contribution in [3.8, 4) is 0 Å². The van der Waals surface area contributed by atoms with Crippen LogP contribution in [0, 0.1) is 5.92 Å². The van der Waals surface area contributed by atoms with Crippen LogP contribution in [0.3, 0.4) is 0 Å². The van der Waals surface area contributed by atoms with Crippen molar-refractivity contribution >= 4 is 17.5 Å². The molecule has 1 amide bonds. The molecule has 0 spiro atoms. The molecule has 1 aliphatic heterocycles. The Balaban J connectivity index is 1.85. The summed E-state index contributed by atoms with van der Waals surface area (Å²) in [6.45, 7) is 7.06. The zero-order valence-corrected chi connectivity index (χ0v) is 14.4. The molecule has 1 heterocycles. The molecule has 0 aliphatic carbocycles. The molecular weight excluding hydrogens is 296 g/mol. The largest absolute Gasteiger partial charge is 0.353 e. The third kappa shape index (κ3) is 5.29. The van der Waals surface area contributed by atoms with E-state index in [1.54, 1.807) is 0 Å². The minimum Gasteiger partial charge on any atom is -0.353 e. The number of benzene rings is 1. The Hall–Kier alpha value is -1.06. The van der Waals surface area contributed by atoms with Crippen LogP contribution in [0.15, 0.2) is 24.3 Å². The summed E-state index contributed by atoms with van der Waals surface area (Å²) in [5.74, 6) is 0.349. The molecule has 3 nitrogen and oxygen atoms in total. The number of rotatable bonds is 6. The molecule has 4 heteroatoms. The summed E-state index contributed by atoms with van der Waals surface area (Å²) in [5.41, 5.74) is 1.25. The van der Waals surface area contributed by atoms with Gasteiger partial charge in [0.2, 0.25) is 5.91 Å². The lowest BCUT2D eigenvalue weighted by Gasteiger charge is -2.32. The monoisotopic (exact) mass is 322 g/mol. The zero-order chi connectivity index (χ0) is 15.9. The molecule has 0 unspecified atom stereocenters. The number of nitrogens with one attached hydrogen (secondary N) is 1. The summed E-state index contributed by atoms with van der Waals surface area (Å²) >= 11 is 5.93. The maximum absolute atomic E-state index is 12.4. The SMILES string of the molecule is CCC[C@@H](C)NC(=O)[C@@H]1CCCN(Cc2ccc(Cl)cc2)C1. The number of amides is 1. The lowest BCUT2D eigenvalue weighted by molar-refractivity contribution is -0.127. The van der Waals surface area contributed by atoms with E-state index in [0.29, 0.717) is 0 Å². The lowest BCUT2D eigenvalue weighted by atomic mass is 9.96. The summed E-state index contributed by atoms with van der Waals surface area (Å²) in [4.78, 5) is 14.7. The highest BCUT2D eigenvalue weighted by Gasteiger charge is 2.26. The second kappa shape index (κ2) is 8.54. The van der Waals surface area contributed by atoms with Gasteiger partial charge in [0, 0.05) is 24.2 Å². The molecular formula is C18H27ClN2O. The minimum atomic E-state index is 0.125. The predicted molar refractivity (Wildman–Crippen MR) is 92.0 cm³/mol. The number of piperidine rings is 1. The normalized spacial score (nSPS) is 20.6. The fourth-order valence-corrected chi connectivity index (χ4v) is 3.25. The molecule has 0 saturated carbocycles. The summed E-state index contributed by atoms with van der Waals surface area (Å²) in [5, 5.41) is 3.93. The highest BCUT2D eigenvalue weighted by molar-refractivity contribution is 6.30. The summed E-state index contributed by atoms with van der Waals surface area (Å²) in [6.07, 6.45) is 4.25. The smallest absolute Gasteiger partial charge is 0.224 e. The fourth-order valence-electron chi connectivity index (χ4n) is 3.13. The van der Waals surface area contributed by atoms with Crippen molar-refractivity contribution in [1.82, 2.24) is 10.2 Å². The summed E-state index contributed by atoms with van der Waals surface area (Å²) in [6, 6.07) is 8.27. The van der Waals surface area contributed by atoms with E-state index in [1.807, 2.05) is 12.1 Å². The number of carbonyl (C=O) groups is 1. The zero-order valence-electron chi connectivity index (χ0n) is 13.6. The first kappa shape index (κ1) is 17.3. The number of likely N-dealkylation sites (tertiary alicyclic amines) is 1. The van der Waals surface area contributed by atoms with E-state index in [9.17, 15) is 4.79 Å². The van der Waals surface area contributed by atoms with Gasteiger partial charge in [-0.1, -0.05) is 37.1 Å². The maximum Gasteiger partial charge on any atom is 0.224 e. The molecule has 1 aliphatic rings. The van der Waals surface area contributed by atoms with E-state index in [-0.39, 0.29) is 17.9 Å². The number of nitrogens with zero attached hydrogens (tertiary/aromatic N) is 1. The average Bonchev–Trinajstić information content (AvgIpc) is 2.50. The van der Waals surface area contributed by atoms with Crippen molar-refractivity contribution in [2.45, 2.75) is 52.1 Å². The Kier molecular flexibility index (Phi) is 6.71. The van der Waals surface area contributed by atoms with Crippen molar-refractivity contribution in [1.29, 1.82) is 0 Å². The molecule has 0 aromatic heterocycles. The first-order valence-electron chi connectivity index (χ1n) is 8.35. The van der Waals surface area contributed by atoms with Crippen molar-refractivity contribution in [3.63, 3.8) is 0 Å². The Labute approximate surface area is 139 Å². The first-order chi connectivity index (χ1) is 10.6. The van der Waals surface area contributed by atoms with E-state index in [1.165, 1.54) is 5.56 Å². The van der Waals surface area contributed by atoms with Crippen LogP contribution >= 0.6 is 11.6 Å². The first-order valence-corrected chi connectivity index (χ1v) is 8.73. The van der Waals surface area contributed by atoms with Crippen LogP contribution in [0.5, 0.6) is 0 Å². The van der Waals surface area contributed by atoms with Gasteiger partial charge in [0.05, 0.1) is 5.92 Å². The average molecular weight is 323 g/mol. The molecule has 1 N–H and O–H groups in total. The standard InChI is InChI=1S/C18H27ClN2O/c1-3-5-14(2)20-18(22)16-6-4-11-21(13-16)12-15-7-9-17(19)10-8-15/h7-10,14,16H,3-6,11-13H2,1-2H3,(H,20,22)/t14-,16-/m1/s1. The van der Waals surface area contributed by atoms with E-state index in [4.69, 9.17) is 11.6 Å². The van der Waals surface area contributed by atoms with Crippen LogP contribution in [-0.4, -0.2) is 29.9 Å². The van der Waals surface area contributed by atoms with Gasteiger partial charge in [-0.3, -0.25) is 9.69 Å². The van der Waals surface area contributed by atoms with Gasteiger partial charge >= 0.3 is 0 Å². The van der Waals surface area contributed by atoms with Crippen LogP contribution in [0.4, 0.5) is 0 Å². The van der Waals surface area contributed by atoms with Gasteiger partial charge in [0.15, 0.2) is 0 Å². The second-order valence-electron chi connectivity index (χ2n) is 6.40. The molecule has 1 saturated heterocycles. The van der Waals surface area contributed by atoms with Gasteiger partial charge in [-0.15, -0.1) is 0 Å². The number of carbonyl (C=O) groups excluding carboxylic acids is 1. The van der Waals surface area contributed by atoms with Gasteiger partial charge in [-0.05, 0) is 50.4 Å². The molecule has 1 aromatic carbocycles. The lowest BCUT2D eigenvalue weighted by Crippen LogP contribution is -2.45. The molecule has 2 atom stereocenters. The van der Waals surface area contributed by atoms with Crippen molar-refractivity contribution in [2.24, 2.45) is 5.92 Å². The quantitative estimate of drug-likeness (QED) is 0.862. The van der Waals surface area contributed by atoms with E-state index in [2.05, 4.69) is 36.2 Å². The molecule has 0 bridgehead atoms. The van der Waals surface area contributed by atoms with Crippen LogP contribution in [0.25, 0.3) is 0 Å². The van der Waals surface area contributed by atoms with Crippen LogP contribution in [0.2, 0.25) is 5.02 Å². The molecule has 122 valence electrons. The number of halogens is 1. The topological polar surface area (TPSA) is 32.3 Å². The highest BCUT2D eigenvalue weighted by Crippen LogP contribution is 2.20. The summed E-state index contributed by atoms with van der Waals surface area (Å²) < 4.78 is 0. The Morgan fingerprint density at radius 1 is 1.41 bits per heavy atom. The van der Waals surface area contributed by atoms with E-state index < -0.39 is 0 Å². The number of hydrogen-bond donors (Lipinski definition) is 1. The molecule has 1 fully saturated rings. The van der Waals surface area contributed by atoms with Crippen LogP contribution in [-0.2, 0) is 11.3 Å². The molecule has 22 heavy (non-hydrogen) atoms. The Bertz CT molecular complexity index is 474. The fraction of sp³-hybridized carbons (Fsp3) is 0.611. The van der Waals surface area contributed by atoms with E-state index in [0.717, 1.165) is 50.3 Å². The van der Waals surface area contributed by atoms with Gasteiger partial charge < -0.3 is 5.32 Å². The molecule has 1 aromatic rings. The second-order valence-corrected chi connectivity index (χ2v) is 6.84. The highest BCUT2D eigenvalue weighted by atomic mass is 35.5. The van der Waals surface area contributed by atoms with Crippen molar-refractivity contribution < 1.29 is 4.79 Å². The third-order valence-electron chi connectivity index (χ3n) is 4.31. The predicted octanol–water partition coefficient (Wildman–Crippen LogP) is 3.86. The Morgan fingerprint density at radius 2 is 2.14 bits per heavy atom. The van der Waals surface area contributed by atoms with Gasteiger partial charge in [0.25, 0.3) is 0 Å². The minimum absolute atomic E-state index is 0.125. The van der Waals surface area contributed by atoms with Gasteiger partial charge in [0.1, 0.15) is 0 Å². The van der Waals surface area contributed by atoms with Crippen molar-refractivity contribution in [2.75, 3.05) is 13.1 Å². The van der Waals surface area contributed by atoms with Crippen LogP contribution in [0.1, 0.15) is 45.1 Å². The number of hydrogen-bond acceptors (Lipinski definition) is 2. The van der Waals surface area contributed by atoms with E-state index >= 15 is 0 Å². The molecule has 2 rings (SSSR count). The van der Waals surface area contributed by atoms with Crippen LogP contribution < -0.4 is 5.32 Å².